The Bertz CT molecular complexity index is 210. The fourth-order valence-corrected chi connectivity index (χ4v) is 1.69. The molecule has 0 aromatic rings. The van der Waals surface area contributed by atoms with E-state index < -0.39 is 0 Å². The van der Waals surface area contributed by atoms with Gasteiger partial charge >= 0.3 is 0 Å². The Morgan fingerprint density at radius 1 is 1.64 bits per heavy atom. The third-order valence-corrected chi connectivity index (χ3v) is 2.66. The van der Waals surface area contributed by atoms with Gasteiger partial charge in [0.25, 0.3) is 0 Å². The predicted molar refractivity (Wildman–Crippen MR) is 45.6 cm³/mol. The van der Waals surface area contributed by atoms with Gasteiger partial charge in [-0.2, -0.15) is 0 Å². The maximum absolute atomic E-state index is 11.2. The van der Waals surface area contributed by atoms with Crippen LogP contribution in [0, 0.1) is 5.92 Å². The van der Waals surface area contributed by atoms with E-state index in [-0.39, 0.29) is 5.91 Å². The lowest BCUT2D eigenvalue weighted by Gasteiger charge is -2.00. The lowest BCUT2D eigenvalue weighted by Crippen LogP contribution is -2.28. The second-order valence-electron chi connectivity index (χ2n) is 2.80. The molecule has 0 radical (unpaired) electrons. The summed E-state index contributed by atoms with van der Waals surface area (Å²) in [5.41, 5.74) is 0. The fourth-order valence-electron chi connectivity index (χ4n) is 0.964. The Kier molecular flexibility index (Phi) is 1.85. The molecule has 0 aromatic heterocycles. The molecule has 0 unspecified atom stereocenters. The van der Waals surface area contributed by atoms with E-state index in [0.717, 1.165) is 30.3 Å². The summed E-state index contributed by atoms with van der Waals surface area (Å²) in [5, 5.41) is 3.64. The Balaban J connectivity index is 1.83. The fraction of sp³-hybridized carbons (Fsp3) is 0.714. The SMILES string of the molecule is O=C(NC1=NCCS1)C1CC1. The number of rotatable bonds is 1. The van der Waals surface area contributed by atoms with Crippen molar-refractivity contribution >= 4 is 22.8 Å². The van der Waals surface area contributed by atoms with Crippen molar-refractivity contribution in [3.8, 4) is 0 Å². The molecule has 11 heavy (non-hydrogen) atoms. The van der Waals surface area contributed by atoms with Gasteiger partial charge in [0.1, 0.15) is 0 Å². The van der Waals surface area contributed by atoms with Gasteiger partial charge in [-0.05, 0) is 12.8 Å². The van der Waals surface area contributed by atoms with E-state index in [4.69, 9.17) is 0 Å². The Morgan fingerprint density at radius 3 is 3.00 bits per heavy atom. The van der Waals surface area contributed by atoms with Crippen LogP contribution < -0.4 is 5.32 Å². The summed E-state index contributed by atoms with van der Waals surface area (Å²) in [7, 11) is 0. The molecule has 1 amide bonds. The number of carbonyl (C=O) groups is 1. The molecule has 1 N–H and O–H groups in total. The minimum absolute atomic E-state index is 0.165. The topological polar surface area (TPSA) is 41.5 Å². The number of hydrogen-bond donors (Lipinski definition) is 1. The highest BCUT2D eigenvalue weighted by molar-refractivity contribution is 8.14. The van der Waals surface area contributed by atoms with Crippen LogP contribution in [0.25, 0.3) is 0 Å². The van der Waals surface area contributed by atoms with Crippen LogP contribution in [0.2, 0.25) is 0 Å². The molecule has 0 aromatic carbocycles. The normalized spacial score (nSPS) is 23.1. The van der Waals surface area contributed by atoms with Crippen LogP contribution in [0.15, 0.2) is 4.99 Å². The molecule has 2 rings (SSSR count). The molecule has 3 nitrogen and oxygen atoms in total. The highest BCUT2D eigenvalue weighted by atomic mass is 32.2. The second kappa shape index (κ2) is 2.85. The molecule has 0 spiro atoms. The first-order valence-corrected chi connectivity index (χ1v) is 4.83. The van der Waals surface area contributed by atoms with Gasteiger partial charge in [0.05, 0.1) is 6.54 Å². The maximum Gasteiger partial charge on any atom is 0.229 e. The molecule has 60 valence electrons. The molecule has 1 saturated carbocycles. The molecular formula is C7H10N2OS. The molecule has 1 aliphatic heterocycles. The van der Waals surface area contributed by atoms with Crippen molar-refractivity contribution in [2.75, 3.05) is 12.3 Å². The van der Waals surface area contributed by atoms with Gasteiger partial charge in [0.2, 0.25) is 5.91 Å². The Hall–Kier alpha value is -0.510. The van der Waals surface area contributed by atoms with Crippen LogP contribution in [-0.4, -0.2) is 23.4 Å². The number of aliphatic imine (C=N–C) groups is 1. The van der Waals surface area contributed by atoms with E-state index in [9.17, 15) is 4.79 Å². The predicted octanol–water partition coefficient (Wildman–Crippen LogP) is 0.615. The van der Waals surface area contributed by atoms with Crippen molar-refractivity contribution in [3.05, 3.63) is 0 Å². The van der Waals surface area contributed by atoms with E-state index >= 15 is 0 Å². The molecule has 0 bridgehead atoms. The summed E-state index contributed by atoms with van der Waals surface area (Å²) >= 11 is 1.63. The zero-order chi connectivity index (χ0) is 7.68. The lowest BCUT2D eigenvalue weighted by atomic mass is 10.4. The summed E-state index contributed by atoms with van der Waals surface area (Å²) < 4.78 is 0. The van der Waals surface area contributed by atoms with Gasteiger partial charge in [-0.1, -0.05) is 11.8 Å². The third kappa shape index (κ3) is 1.74. The number of amides is 1. The van der Waals surface area contributed by atoms with Gasteiger partial charge in [0.15, 0.2) is 5.17 Å². The number of nitrogens with zero attached hydrogens (tertiary/aromatic N) is 1. The Morgan fingerprint density at radius 2 is 2.45 bits per heavy atom. The van der Waals surface area contributed by atoms with Crippen LogP contribution in [0.5, 0.6) is 0 Å². The highest BCUT2D eigenvalue weighted by Crippen LogP contribution is 2.29. The van der Waals surface area contributed by atoms with Crippen LogP contribution in [-0.2, 0) is 4.79 Å². The lowest BCUT2D eigenvalue weighted by molar-refractivity contribution is -0.120. The number of carbonyl (C=O) groups excluding carboxylic acids is 1. The van der Waals surface area contributed by atoms with Crippen LogP contribution in [0.1, 0.15) is 12.8 Å². The first-order valence-electron chi connectivity index (χ1n) is 3.84. The van der Waals surface area contributed by atoms with Crippen molar-refractivity contribution in [2.24, 2.45) is 10.9 Å². The number of thioether (sulfide) groups is 1. The second-order valence-corrected chi connectivity index (χ2v) is 3.88. The third-order valence-electron chi connectivity index (χ3n) is 1.76. The minimum Gasteiger partial charge on any atom is -0.305 e. The minimum atomic E-state index is 0.165. The van der Waals surface area contributed by atoms with Gasteiger partial charge in [-0.25, -0.2) is 0 Å². The number of amidine groups is 1. The highest BCUT2D eigenvalue weighted by Gasteiger charge is 2.30. The zero-order valence-corrected chi connectivity index (χ0v) is 6.99. The van der Waals surface area contributed by atoms with E-state index in [1.807, 2.05) is 0 Å². The average molecular weight is 170 g/mol. The molecule has 1 fully saturated rings. The molecular weight excluding hydrogens is 160 g/mol. The number of hydrogen-bond acceptors (Lipinski definition) is 3. The van der Waals surface area contributed by atoms with Crippen molar-refractivity contribution < 1.29 is 4.79 Å². The molecule has 1 aliphatic carbocycles. The smallest absolute Gasteiger partial charge is 0.229 e. The summed E-state index contributed by atoms with van der Waals surface area (Å²) in [6, 6.07) is 0. The quantitative estimate of drug-likeness (QED) is 0.626. The van der Waals surface area contributed by atoms with E-state index in [0.29, 0.717) is 5.92 Å². The first-order chi connectivity index (χ1) is 5.36. The molecule has 2 aliphatic rings. The first kappa shape index (κ1) is 7.16. The number of nitrogens with one attached hydrogen (secondary N) is 1. The summed E-state index contributed by atoms with van der Waals surface area (Å²) in [5.74, 6) is 1.47. The van der Waals surface area contributed by atoms with E-state index in [2.05, 4.69) is 10.3 Å². The average Bonchev–Trinajstić information content (AvgIpc) is 2.73. The van der Waals surface area contributed by atoms with E-state index in [1.54, 1.807) is 11.8 Å². The molecule has 0 atom stereocenters. The van der Waals surface area contributed by atoms with Crippen molar-refractivity contribution in [3.63, 3.8) is 0 Å². The maximum atomic E-state index is 11.2. The standard InChI is InChI=1S/C7H10N2OS/c10-6(5-1-2-5)9-7-8-3-4-11-7/h5H,1-4H2,(H,8,9,10). The van der Waals surface area contributed by atoms with Crippen LogP contribution in [0.4, 0.5) is 0 Å². The van der Waals surface area contributed by atoms with Crippen molar-refractivity contribution in [1.29, 1.82) is 0 Å². The van der Waals surface area contributed by atoms with Gasteiger partial charge in [-0.3, -0.25) is 9.79 Å². The van der Waals surface area contributed by atoms with Gasteiger partial charge < -0.3 is 5.32 Å². The van der Waals surface area contributed by atoms with Gasteiger partial charge in [0, 0.05) is 11.7 Å². The molecule has 0 saturated heterocycles. The summed E-state index contributed by atoms with van der Waals surface area (Å²) in [4.78, 5) is 15.3. The van der Waals surface area contributed by atoms with Crippen molar-refractivity contribution in [1.82, 2.24) is 5.32 Å². The zero-order valence-electron chi connectivity index (χ0n) is 6.17. The van der Waals surface area contributed by atoms with Crippen molar-refractivity contribution in [2.45, 2.75) is 12.8 Å². The molecule has 1 heterocycles. The van der Waals surface area contributed by atoms with E-state index in [1.165, 1.54) is 0 Å². The summed E-state index contributed by atoms with van der Waals surface area (Å²) in [6.07, 6.45) is 2.12. The monoisotopic (exact) mass is 170 g/mol. The summed E-state index contributed by atoms with van der Waals surface area (Å²) in [6.45, 7) is 0.852. The van der Waals surface area contributed by atoms with Gasteiger partial charge in [-0.15, -0.1) is 0 Å². The molecule has 4 heteroatoms. The van der Waals surface area contributed by atoms with Crippen LogP contribution in [0.3, 0.4) is 0 Å². The largest absolute Gasteiger partial charge is 0.305 e. The Labute approximate surface area is 69.6 Å². The van der Waals surface area contributed by atoms with Crippen LogP contribution >= 0.6 is 11.8 Å².